The van der Waals surface area contributed by atoms with E-state index in [2.05, 4.69) is 69.1 Å². The van der Waals surface area contributed by atoms with Crippen LogP contribution in [0, 0.1) is 6.85 Å². The topological polar surface area (TPSA) is 25.9 Å². The molecule has 7 heterocycles. The van der Waals surface area contributed by atoms with Crippen molar-refractivity contribution in [3.63, 3.8) is 0 Å². The maximum atomic E-state index is 8.86. The zero-order valence-electron chi connectivity index (χ0n) is 29.4. The lowest BCUT2D eigenvalue weighted by molar-refractivity contribution is 0.597. The van der Waals surface area contributed by atoms with Crippen LogP contribution in [-0.4, -0.2) is 51.8 Å². The normalized spacial score (nSPS) is 23.5. The van der Waals surface area contributed by atoms with Gasteiger partial charge in [0.2, 0.25) is 0 Å². The third-order valence-corrected chi connectivity index (χ3v) is 10.2. The smallest absolute Gasteiger partial charge is 0.380 e. The lowest BCUT2D eigenvalue weighted by atomic mass is 9.41. The van der Waals surface area contributed by atoms with Crippen LogP contribution >= 0.6 is 11.8 Å². The van der Waals surface area contributed by atoms with Gasteiger partial charge in [-0.3, -0.25) is 0 Å². The van der Waals surface area contributed by atoms with Gasteiger partial charge in [0, 0.05) is 30.3 Å². The molecule has 2 aromatic rings. The molecule has 1 aromatic heterocycles. The fraction of sp³-hybridized carbons (Fsp3) is 0.156. The van der Waals surface area contributed by atoms with Crippen LogP contribution in [0.1, 0.15) is 51.2 Å². The molecule has 202 valence electrons. The Bertz CT molecular complexity index is 1950. The summed E-state index contributed by atoms with van der Waals surface area (Å²) in [7, 11) is 0. The number of benzene rings is 1. The Morgan fingerprint density at radius 1 is 0.762 bits per heavy atom. The zero-order chi connectivity index (χ0) is 33.6. The molecule has 0 aliphatic carbocycles. The van der Waals surface area contributed by atoms with Crippen LogP contribution in [0.3, 0.4) is 0 Å². The Labute approximate surface area is 263 Å². The first kappa shape index (κ1) is 20.1. The van der Waals surface area contributed by atoms with Crippen molar-refractivity contribution < 1.29 is 8.22 Å². The summed E-state index contributed by atoms with van der Waals surface area (Å²) in [5, 5.41) is 0.788. The Hall–Kier alpha value is -3.90. The van der Waals surface area contributed by atoms with Crippen molar-refractivity contribution in [3.05, 3.63) is 143 Å². The number of rotatable bonds is 1. The second kappa shape index (κ2) is 9.56. The van der Waals surface area contributed by atoms with Crippen molar-refractivity contribution >= 4 is 45.3 Å². The SMILES string of the molecule is [2H]C([2H])([2H])C1=CB2N3C=CC=CB3N3C=CC=CB3N3C=CC=CB3N2C=C1c1c(C([2H])([2H])[2H])ccc2c1Sc1ncccc1C2(C)C. The second-order valence-corrected chi connectivity index (χ2v) is 12.7. The maximum Gasteiger partial charge on any atom is 0.380 e. The Balaban J connectivity index is 1.40. The first-order valence-corrected chi connectivity index (χ1v) is 15.1. The van der Waals surface area contributed by atoms with Gasteiger partial charge in [-0.05, 0) is 85.1 Å². The summed E-state index contributed by atoms with van der Waals surface area (Å²) in [4.78, 5) is 5.42. The van der Waals surface area contributed by atoms with Crippen molar-refractivity contribution in [1.29, 1.82) is 0 Å². The average Bonchev–Trinajstić information content (AvgIpc) is 3.06. The van der Waals surface area contributed by atoms with E-state index in [1.807, 2.05) is 67.0 Å². The molecular weight excluding hydrogens is 530 g/mol. The van der Waals surface area contributed by atoms with Gasteiger partial charge < -0.3 is 18.9 Å². The molecule has 1 saturated heterocycles. The fourth-order valence-corrected chi connectivity index (χ4v) is 8.42. The number of nitrogens with zero attached hydrogens (tertiary/aromatic N) is 5. The van der Waals surface area contributed by atoms with Crippen LogP contribution in [-0.2, 0) is 5.41 Å². The summed E-state index contributed by atoms with van der Waals surface area (Å²) < 4.78 is 61.4. The largest absolute Gasteiger partial charge is 0.423 e. The van der Waals surface area contributed by atoms with Gasteiger partial charge in [0.1, 0.15) is 5.03 Å². The van der Waals surface area contributed by atoms with Gasteiger partial charge in [-0.25, -0.2) is 4.98 Å². The molecule has 0 amide bonds. The molecule has 1 aromatic carbocycles. The Morgan fingerprint density at radius 3 is 2.10 bits per heavy atom. The molecule has 0 spiro atoms. The van der Waals surface area contributed by atoms with Gasteiger partial charge >= 0.3 is 27.9 Å². The van der Waals surface area contributed by atoms with E-state index in [0.29, 0.717) is 11.1 Å². The summed E-state index contributed by atoms with van der Waals surface area (Å²) in [6, 6.07) is 7.54. The first-order valence-electron chi connectivity index (χ1n) is 17.3. The van der Waals surface area contributed by atoms with Crippen molar-refractivity contribution in [1.82, 2.24) is 23.9 Å². The molecule has 0 unspecified atom stereocenters. The molecular formula is C32H31B4N5S. The third-order valence-electron chi connectivity index (χ3n) is 9.03. The minimum absolute atomic E-state index is 0.122. The zero-order valence-corrected chi connectivity index (χ0v) is 24.2. The average molecular weight is 567 g/mol. The predicted octanol–water partition coefficient (Wildman–Crippen LogP) is 6.06. The fourth-order valence-electron chi connectivity index (χ4n) is 6.92. The molecule has 0 N–H and O–H groups in total. The number of pyridine rings is 1. The number of hydrogen-bond acceptors (Lipinski definition) is 6. The van der Waals surface area contributed by atoms with Crippen LogP contribution in [0.4, 0.5) is 0 Å². The van der Waals surface area contributed by atoms with Crippen LogP contribution in [0.2, 0.25) is 0 Å². The van der Waals surface area contributed by atoms with Crippen LogP contribution < -0.4 is 0 Å². The molecule has 0 bridgehead atoms. The van der Waals surface area contributed by atoms with E-state index in [0.717, 1.165) is 21.0 Å². The highest BCUT2D eigenvalue weighted by atomic mass is 32.2. The molecule has 8 rings (SSSR count). The quantitative estimate of drug-likeness (QED) is 0.389. The van der Waals surface area contributed by atoms with Crippen LogP contribution in [0.5, 0.6) is 0 Å². The van der Waals surface area contributed by atoms with Gasteiger partial charge in [0.15, 0.2) is 0 Å². The van der Waals surface area contributed by atoms with E-state index in [4.69, 9.17) is 13.2 Å². The Morgan fingerprint density at radius 2 is 1.43 bits per heavy atom. The summed E-state index contributed by atoms with van der Waals surface area (Å²) >= 11 is 1.42. The molecule has 6 aliphatic rings. The van der Waals surface area contributed by atoms with Gasteiger partial charge in [-0.15, -0.1) is 0 Å². The molecule has 0 saturated carbocycles. The van der Waals surface area contributed by atoms with E-state index < -0.39 is 26.1 Å². The summed E-state index contributed by atoms with van der Waals surface area (Å²) in [6.07, 6.45) is 21.9. The predicted molar refractivity (Wildman–Crippen MR) is 179 cm³/mol. The number of aromatic nitrogens is 1. The van der Waals surface area contributed by atoms with Crippen LogP contribution in [0.15, 0.2) is 131 Å². The Kier molecular flexibility index (Phi) is 4.57. The standard InChI is InChI=1S/C32H31B4N5S/c1-24-13-14-27-30(42-31-28(32(27,3)4)12-11-18-37-31)29(24)26-23-41-35-17-7-9-20-39(35)33-15-5-8-19-38(33)34-16-6-10-21-40(34)36(41)22-25(26)2/h5-23H,1-4H3/i1D3,2D3. The van der Waals surface area contributed by atoms with E-state index in [1.165, 1.54) is 11.8 Å². The third kappa shape index (κ3) is 3.74. The second-order valence-electron chi connectivity index (χ2n) is 11.7. The van der Waals surface area contributed by atoms with Gasteiger partial charge in [-0.1, -0.05) is 91.5 Å². The van der Waals surface area contributed by atoms with Gasteiger partial charge in [-0.2, -0.15) is 0 Å². The number of allylic oxidation sites excluding steroid dienone is 8. The molecule has 1 fully saturated rings. The van der Waals surface area contributed by atoms with Gasteiger partial charge in [0.25, 0.3) is 0 Å². The molecule has 0 atom stereocenters. The molecule has 6 aliphatic heterocycles. The lowest BCUT2D eigenvalue weighted by Crippen LogP contribution is -2.73. The van der Waals surface area contributed by atoms with E-state index in [9.17, 15) is 0 Å². The number of aryl methyl sites for hydroxylation is 1. The highest BCUT2D eigenvalue weighted by Gasteiger charge is 2.50. The van der Waals surface area contributed by atoms with E-state index in [1.54, 1.807) is 12.3 Å². The van der Waals surface area contributed by atoms with Crippen molar-refractivity contribution in [3.8, 4) is 0 Å². The van der Waals surface area contributed by atoms with Crippen molar-refractivity contribution in [2.24, 2.45) is 0 Å². The first-order chi connectivity index (χ1) is 22.9. The molecule has 10 heteroatoms. The summed E-state index contributed by atoms with van der Waals surface area (Å²) in [5.41, 5.74) is 2.57. The van der Waals surface area contributed by atoms with Crippen molar-refractivity contribution in [2.45, 2.75) is 42.9 Å². The monoisotopic (exact) mass is 567 g/mol. The van der Waals surface area contributed by atoms with E-state index in [-0.39, 0.29) is 32.1 Å². The number of hydrogen-bond donors (Lipinski definition) is 0. The van der Waals surface area contributed by atoms with E-state index >= 15 is 0 Å². The maximum absolute atomic E-state index is 8.86. The minimum Gasteiger partial charge on any atom is -0.423 e. The molecule has 0 radical (unpaired) electrons. The lowest BCUT2D eigenvalue weighted by Gasteiger charge is -2.53. The summed E-state index contributed by atoms with van der Waals surface area (Å²) in [6.45, 7) is -1.96. The molecule has 5 nitrogen and oxygen atoms in total. The summed E-state index contributed by atoms with van der Waals surface area (Å²) in [5.74, 6) is 8.19. The van der Waals surface area contributed by atoms with Crippen molar-refractivity contribution in [2.75, 3.05) is 0 Å². The highest BCUT2D eigenvalue weighted by molar-refractivity contribution is 7.99. The highest BCUT2D eigenvalue weighted by Crippen LogP contribution is 2.52. The number of fused-ring (bicyclic) bond motifs is 10. The minimum atomic E-state index is -2.54. The van der Waals surface area contributed by atoms with Gasteiger partial charge in [0.05, 0.1) is 0 Å². The van der Waals surface area contributed by atoms with Crippen LogP contribution in [0.25, 0.3) is 5.57 Å². The molecule has 42 heavy (non-hydrogen) atoms.